The van der Waals surface area contributed by atoms with Gasteiger partial charge in [-0.25, -0.2) is 9.59 Å². The molecule has 4 rings (SSSR count). The summed E-state index contributed by atoms with van der Waals surface area (Å²) in [6.07, 6.45) is 2.15. The van der Waals surface area contributed by atoms with E-state index in [1.807, 2.05) is 43.3 Å². The topological polar surface area (TPSA) is 105 Å². The first-order valence-electron chi connectivity index (χ1n) is 11.1. The molecule has 7 nitrogen and oxygen atoms in total. The molecular formula is C25H28N2O5. The fourth-order valence-electron chi connectivity index (χ4n) is 4.33. The van der Waals surface area contributed by atoms with Crippen LogP contribution >= 0.6 is 0 Å². The minimum absolute atomic E-state index is 0.0671. The number of carboxylic acids is 1. The maximum Gasteiger partial charge on any atom is 0.408 e. The number of fused-ring (bicyclic) bond motifs is 3. The van der Waals surface area contributed by atoms with Gasteiger partial charge in [-0.3, -0.25) is 4.79 Å². The highest BCUT2D eigenvalue weighted by Gasteiger charge is 2.52. The van der Waals surface area contributed by atoms with Crippen LogP contribution in [0.3, 0.4) is 0 Å². The number of amides is 2. The summed E-state index contributed by atoms with van der Waals surface area (Å²) in [7, 11) is 0. The molecule has 1 saturated carbocycles. The van der Waals surface area contributed by atoms with Gasteiger partial charge in [-0.1, -0.05) is 68.3 Å². The molecule has 0 bridgehead atoms. The lowest BCUT2D eigenvalue weighted by Crippen LogP contribution is -2.53. The SMILES string of the molecule is CCCCC(NC(=O)C1(NC(=O)OCC2c3ccccc3-c3ccccc32)CC1)C(=O)O. The molecular weight excluding hydrogens is 408 g/mol. The molecule has 1 atom stereocenters. The van der Waals surface area contributed by atoms with Crippen molar-refractivity contribution in [1.82, 2.24) is 10.6 Å². The van der Waals surface area contributed by atoms with Crippen LogP contribution in [0.1, 0.15) is 56.1 Å². The van der Waals surface area contributed by atoms with Crippen molar-refractivity contribution in [2.45, 2.75) is 56.5 Å². The third-order valence-electron chi connectivity index (χ3n) is 6.32. The summed E-state index contributed by atoms with van der Waals surface area (Å²) in [4.78, 5) is 36.7. The molecule has 2 aliphatic rings. The Labute approximate surface area is 187 Å². The van der Waals surface area contributed by atoms with E-state index >= 15 is 0 Å². The molecule has 7 heteroatoms. The number of nitrogens with one attached hydrogen (secondary N) is 2. The second-order valence-electron chi connectivity index (χ2n) is 8.54. The van der Waals surface area contributed by atoms with Crippen LogP contribution in [0, 0.1) is 0 Å². The first-order valence-corrected chi connectivity index (χ1v) is 11.1. The summed E-state index contributed by atoms with van der Waals surface area (Å²) < 4.78 is 5.54. The highest BCUT2D eigenvalue weighted by atomic mass is 16.5. The number of unbranched alkanes of at least 4 members (excludes halogenated alkanes) is 1. The van der Waals surface area contributed by atoms with E-state index in [2.05, 4.69) is 22.8 Å². The Hall–Kier alpha value is -3.35. The fraction of sp³-hybridized carbons (Fsp3) is 0.400. The zero-order chi connectivity index (χ0) is 22.7. The van der Waals surface area contributed by atoms with E-state index < -0.39 is 29.6 Å². The quantitative estimate of drug-likeness (QED) is 0.554. The Bertz CT molecular complexity index is 985. The predicted molar refractivity (Wildman–Crippen MR) is 119 cm³/mol. The number of carbonyl (C=O) groups excluding carboxylic acids is 2. The van der Waals surface area contributed by atoms with Crippen molar-refractivity contribution in [2.24, 2.45) is 0 Å². The number of hydrogen-bond donors (Lipinski definition) is 3. The molecule has 0 spiro atoms. The monoisotopic (exact) mass is 436 g/mol. The smallest absolute Gasteiger partial charge is 0.408 e. The van der Waals surface area contributed by atoms with Crippen LogP contribution in [-0.4, -0.2) is 41.3 Å². The summed E-state index contributed by atoms with van der Waals surface area (Å²) in [5, 5.41) is 14.6. The number of ether oxygens (including phenoxy) is 1. The number of alkyl carbamates (subject to hydrolysis) is 1. The third kappa shape index (κ3) is 4.33. The lowest BCUT2D eigenvalue weighted by Gasteiger charge is -2.21. The maximum absolute atomic E-state index is 12.7. The average molecular weight is 437 g/mol. The second-order valence-corrected chi connectivity index (χ2v) is 8.54. The van der Waals surface area contributed by atoms with Gasteiger partial charge in [-0.15, -0.1) is 0 Å². The van der Waals surface area contributed by atoms with Crippen molar-refractivity contribution in [3.63, 3.8) is 0 Å². The molecule has 168 valence electrons. The van der Waals surface area contributed by atoms with Crippen molar-refractivity contribution >= 4 is 18.0 Å². The van der Waals surface area contributed by atoms with E-state index in [0.29, 0.717) is 25.7 Å². The number of hydrogen-bond acceptors (Lipinski definition) is 4. The zero-order valence-corrected chi connectivity index (χ0v) is 18.1. The third-order valence-corrected chi connectivity index (χ3v) is 6.32. The number of rotatable bonds is 9. The maximum atomic E-state index is 12.7. The largest absolute Gasteiger partial charge is 0.480 e. The highest BCUT2D eigenvalue weighted by Crippen LogP contribution is 2.44. The summed E-state index contributed by atoms with van der Waals surface area (Å²) in [6, 6.07) is 15.2. The molecule has 3 N–H and O–H groups in total. The van der Waals surface area contributed by atoms with E-state index in [0.717, 1.165) is 28.7 Å². The van der Waals surface area contributed by atoms with Gasteiger partial charge in [0.05, 0.1) is 0 Å². The van der Waals surface area contributed by atoms with Crippen molar-refractivity contribution in [3.05, 3.63) is 59.7 Å². The first kappa shape index (κ1) is 21.9. The van der Waals surface area contributed by atoms with Gasteiger partial charge in [0.2, 0.25) is 5.91 Å². The second kappa shape index (κ2) is 9.02. The summed E-state index contributed by atoms with van der Waals surface area (Å²) in [5.41, 5.74) is 3.42. The van der Waals surface area contributed by atoms with Gasteiger partial charge >= 0.3 is 12.1 Å². The van der Waals surface area contributed by atoms with Crippen molar-refractivity contribution in [1.29, 1.82) is 0 Å². The van der Waals surface area contributed by atoms with Crippen LogP contribution in [0.4, 0.5) is 4.79 Å². The molecule has 0 aromatic heterocycles. The van der Waals surface area contributed by atoms with E-state index in [4.69, 9.17) is 4.74 Å². The number of aliphatic carboxylic acids is 1. The molecule has 2 amide bonds. The molecule has 0 saturated heterocycles. The molecule has 2 aromatic rings. The van der Waals surface area contributed by atoms with Crippen molar-refractivity contribution in [2.75, 3.05) is 6.61 Å². The summed E-state index contributed by atoms with van der Waals surface area (Å²) in [5.74, 6) is -1.60. The Morgan fingerprint density at radius 2 is 1.66 bits per heavy atom. The fourth-order valence-corrected chi connectivity index (χ4v) is 4.33. The molecule has 1 fully saturated rings. The van der Waals surface area contributed by atoms with Crippen molar-refractivity contribution in [3.8, 4) is 11.1 Å². The van der Waals surface area contributed by atoms with E-state index in [1.54, 1.807) is 0 Å². The Balaban J connectivity index is 1.37. The zero-order valence-electron chi connectivity index (χ0n) is 18.1. The average Bonchev–Trinajstić information content (AvgIpc) is 3.50. The van der Waals surface area contributed by atoms with Crippen LogP contribution in [-0.2, 0) is 14.3 Å². The predicted octanol–water partition coefficient (Wildman–Crippen LogP) is 3.82. The Morgan fingerprint density at radius 3 is 2.19 bits per heavy atom. The number of carboxylic acid groups (broad SMARTS) is 1. The van der Waals surface area contributed by atoms with Crippen molar-refractivity contribution < 1.29 is 24.2 Å². The van der Waals surface area contributed by atoms with Gasteiger partial charge in [0, 0.05) is 5.92 Å². The van der Waals surface area contributed by atoms with Crippen LogP contribution in [0.15, 0.2) is 48.5 Å². The molecule has 0 radical (unpaired) electrons. The minimum atomic E-state index is -1.08. The van der Waals surface area contributed by atoms with Gasteiger partial charge < -0.3 is 20.5 Å². The standard InChI is InChI=1S/C25H28N2O5/c1-2-3-12-21(22(28)29)26-23(30)25(13-14-25)27-24(31)32-15-20-18-10-6-4-8-16(18)17-9-5-7-11-19(17)20/h4-11,20-21H,2-3,12-15H2,1H3,(H,26,30)(H,27,31)(H,28,29). The van der Waals surface area contributed by atoms with Crippen LogP contribution in [0.25, 0.3) is 11.1 Å². The molecule has 0 heterocycles. The van der Waals surface area contributed by atoms with Crippen LogP contribution in [0.2, 0.25) is 0 Å². The normalized spacial score (nSPS) is 16.4. The molecule has 2 aromatic carbocycles. The molecule has 0 aliphatic heterocycles. The molecule has 32 heavy (non-hydrogen) atoms. The number of carbonyl (C=O) groups is 3. The molecule has 2 aliphatic carbocycles. The summed E-state index contributed by atoms with van der Waals surface area (Å²) in [6.45, 7) is 2.12. The van der Waals surface area contributed by atoms with Crippen LogP contribution < -0.4 is 10.6 Å². The van der Waals surface area contributed by atoms with E-state index in [-0.39, 0.29) is 12.5 Å². The number of benzene rings is 2. The Morgan fingerprint density at radius 1 is 1.06 bits per heavy atom. The van der Waals surface area contributed by atoms with E-state index in [9.17, 15) is 19.5 Å². The van der Waals surface area contributed by atoms with Gasteiger partial charge in [-0.05, 0) is 41.5 Å². The van der Waals surface area contributed by atoms with Gasteiger partial charge in [0.15, 0.2) is 0 Å². The molecule has 1 unspecified atom stereocenters. The van der Waals surface area contributed by atoms with E-state index in [1.165, 1.54) is 0 Å². The lowest BCUT2D eigenvalue weighted by atomic mass is 9.98. The highest BCUT2D eigenvalue weighted by molar-refractivity contribution is 5.95. The van der Waals surface area contributed by atoms with Gasteiger partial charge in [-0.2, -0.15) is 0 Å². The van der Waals surface area contributed by atoms with Gasteiger partial charge in [0.25, 0.3) is 0 Å². The van der Waals surface area contributed by atoms with Crippen LogP contribution in [0.5, 0.6) is 0 Å². The first-order chi connectivity index (χ1) is 15.4. The Kier molecular flexibility index (Phi) is 6.17. The van der Waals surface area contributed by atoms with Gasteiger partial charge in [0.1, 0.15) is 18.2 Å². The lowest BCUT2D eigenvalue weighted by molar-refractivity contribution is -0.142. The minimum Gasteiger partial charge on any atom is -0.480 e. The summed E-state index contributed by atoms with van der Waals surface area (Å²) >= 11 is 0.